The van der Waals surface area contributed by atoms with Crippen LogP contribution < -0.4 is 5.32 Å². The van der Waals surface area contributed by atoms with Crippen molar-refractivity contribution in [3.63, 3.8) is 0 Å². The van der Waals surface area contributed by atoms with Crippen molar-refractivity contribution in [1.29, 1.82) is 0 Å². The predicted molar refractivity (Wildman–Crippen MR) is 55.9 cm³/mol. The Balaban J connectivity index is 2.35. The average molecular weight is 197 g/mol. The number of hydrogen-bond acceptors (Lipinski definition) is 3. The Morgan fingerprint density at radius 1 is 1.64 bits per heavy atom. The van der Waals surface area contributed by atoms with Crippen molar-refractivity contribution in [3.05, 3.63) is 18.2 Å². The van der Waals surface area contributed by atoms with Crippen molar-refractivity contribution >= 4 is 0 Å². The fourth-order valence-electron chi connectivity index (χ4n) is 1.30. The molecule has 80 valence electrons. The summed E-state index contributed by atoms with van der Waals surface area (Å²) in [6.45, 7) is 6.35. The second kappa shape index (κ2) is 5.78. The molecular weight excluding hydrogens is 178 g/mol. The first-order chi connectivity index (χ1) is 6.72. The minimum Gasteiger partial charge on any atom is -0.392 e. The second-order valence-corrected chi connectivity index (χ2v) is 3.59. The van der Waals surface area contributed by atoms with Gasteiger partial charge in [0.15, 0.2) is 0 Å². The molecule has 2 N–H and O–H groups in total. The van der Waals surface area contributed by atoms with E-state index in [4.69, 9.17) is 5.11 Å². The molecule has 1 atom stereocenters. The summed E-state index contributed by atoms with van der Waals surface area (Å²) >= 11 is 0. The molecule has 0 fully saturated rings. The molecule has 0 bridgehead atoms. The van der Waals surface area contributed by atoms with Crippen molar-refractivity contribution < 1.29 is 5.11 Å². The minimum absolute atomic E-state index is 0.319. The highest BCUT2D eigenvalue weighted by Crippen LogP contribution is 1.97. The van der Waals surface area contributed by atoms with E-state index in [2.05, 4.69) is 17.2 Å². The minimum atomic E-state index is -0.319. The maximum atomic E-state index is 9.16. The van der Waals surface area contributed by atoms with Crippen LogP contribution in [0.25, 0.3) is 0 Å². The van der Waals surface area contributed by atoms with Gasteiger partial charge < -0.3 is 15.0 Å². The highest BCUT2D eigenvalue weighted by molar-refractivity contribution is 4.96. The normalized spacial score (nSPS) is 13.1. The van der Waals surface area contributed by atoms with Gasteiger partial charge in [-0.1, -0.05) is 6.92 Å². The highest BCUT2D eigenvalue weighted by atomic mass is 16.3. The van der Waals surface area contributed by atoms with Crippen molar-refractivity contribution in [3.8, 4) is 0 Å². The third kappa shape index (κ3) is 3.89. The first-order valence-electron chi connectivity index (χ1n) is 5.11. The topological polar surface area (TPSA) is 50.1 Å². The first-order valence-corrected chi connectivity index (χ1v) is 5.11. The maximum absolute atomic E-state index is 9.16. The van der Waals surface area contributed by atoms with Crippen LogP contribution in [0.15, 0.2) is 12.5 Å². The summed E-state index contributed by atoms with van der Waals surface area (Å²) < 4.78 is 1.91. The lowest BCUT2D eigenvalue weighted by Crippen LogP contribution is -2.14. The molecule has 0 saturated heterocycles. The van der Waals surface area contributed by atoms with Gasteiger partial charge in [0.1, 0.15) is 0 Å². The third-order valence-electron chi connectivity index (χ3n) is 1.89. The smallest absolute Gasteiger partial charge is 0.0950 e. The number of imidazole rings is 1. The van der Waals surface area contributed by atoms with E-state index in [1.165, 1.54) is 0 Å². The number of aromatic nitrogens is 2. The number of rotatable bonds is 6. The molecule has 4 heteroatoms. The van der Waals surface area contributed by atoms with Crippen LogP contribution in [0, 0.1) is 0 Å². The number of aliphatic hydroxyl groups excluding tert-OH is 1. The summed E-state index contributed by atoms with van der Waals surface area (Å²) in [6.07, 6.45) is 4.54. The van der Waals surface area contributed by atoms with E-state index in [1.807, 2.05) is 10.8 Å². The Morgan fingerprint density at radius 2 is 2.43 bits per heavy atom. The lowest BCUT2D eigenvalue weighted by Gasteiger charge is -2.03. The van der Waals surface area contributed by atoms with Gasteiger partial charge in [-0.05, 0) is 19.9 Å². The van der Waals surface area contributed by atoms with Gasteiger partial charge in [-0.2, -0.15) is 0 Å². The highest BCUT2D eigenvalue weighted by Gasteiger charge is 2.00. The van der Waals surface area contributed by atoms with Gasteiger partial charge in [-0.15, -0.1) is 0 Å². The predicted octanol–water partition coefficient (Wildman–Crippen LogP) is 0.764. The van der Waals surface area contributed by atoms with E-state index in [1.54, 1.807) is 13.3 Å². The van der Waals surface area contributed by atoms with Crippen LogP contribution in [0.3, 0.4) is 0 Å². The number of nitrogens with one attached hydrogen (secondary N) is 1. The Hall–Kier alpha value is -0.870. The summed E-state index contributed by atoms with van der Waals surface area (Å²) in [6, 6.07) is 0. The van der Waals surface area contributed by atoms with Crippen LogP contribution in [0.5, 0.6) is 0 Å². The summed E-state index contributed by atoms with van der Waals surface area (Å²) in [5.74, 6) is 0. The second-order valence-electron chi connectivity index (χ2n) is 3.59. The van der Waals surface area contributed by atoms with Crippen LogP contribution in [0.2, 0.25) is 0 Å². The van der Waals surface area contributed by atoms with Crippen molar-refractivity contribution in [1.82, 2.24) is 14.9 Å². The van der Waals surface area contributed by atoms with E-state index in [-0.39, 0.29) is 6.10 Å². The number of nitrogens with zero attached hydrogens (tertiary/aromatic N) is 2. The van der Waals surface area contributed by atoms with E-state index >= 15 is 0 Å². The van der Waals surface area contributed by atoms with E-state index < -0.39 is 0 Å². The van der Waals surface area contributed by atoms with Crippen LogP contribution in [0.4, 0.5) is 0 Å². The molecule has 0 saturated carbocycles. The summed E-state index contributed by atoms with van der Waals surface area (Å²) in [5, 5.41) is 12.4. The molecule has 14 heavy (non-hydrogen) atoms. The molecule has 0 aliphatic rings. The molecule has 1 rings (SSSR count). The summed E-state index contributed by atoms with van der Waals surface area (Å²) in [7, 11) is 0. The number of aliphatic hydroxyl groups is 1. The van der Waals surface area contributed by atoms with Gasteiger partial charge in [-0.25, -0.2) is 4.98 Å². The summed E-state index contributed by atoms with van der Waals surface area (Å²) in [4.78, 5) is 4.23. The van der Waals surface area contributed by atoms with Crippen LogP contribution in [-0.2, 0) is 13.1 Å². The van der Waals surface area contributed by atoms with Crippen LogP contribution in [0.1, 0.15) is 26.0 Å². The molecular formula is C10H19N3O. The fourth-order valence-corrected chi connectivity index (χ4v) is 1.30. The molecule has 1 heterocycles. The van der Waals surface area contributed by atoms with Crippen molar-refractivity contribution in [2.75, 3.05) is 6.54 Å². The number of hydrogen-bond donors (Lipinski definition) is 2. The average Bonchev–Trinajstić information content (AvgIpc) is 2.52. The molecule has 4 nitrogen and oxygen atoms in total. The van der Waals surface area contributed by atoms with Gasteiger partial charge in [-0.3, -0.25) is 0 Å². The molecule has 0 spiro atoms. The molecule has 1 unspecified atom stereocenters. The quantitative estimate of drug-likeness (QED) is 0.662. The molecule has 0 aromatic carbocycles. The largest absolute Gasteiger partial charge is 0.392 e. The Bertz CT molecular complexity index is 258. The van der Waals surface area contributed by atoms with Gasteiger partial charge >= 0.3 is 0 Å². The zero-order chi connectivity index (χ0) is 10.4. The van der Waals surface area contributed by atoms with Gasteiger partial charge in [0, 0.05) is 19.3 Å². The lowest BCUT2D eigenvalue weighted by atomic mass is 10.4. The Morgan fingerprint density at radius 3 is 3.07 bits per heavy atom. The first kappa shape index (κ1) is 11.2. The van der Waals surface area contributed by atoms with Crippen molar-refractivity contribution in [2.24, 2.45) is 0 Å². The molecule has 0 radical (unpaired) electrons. The Kier molecular flexibility index (Phi) is 4.62. The third-order valence-corrected chi connectivity index (χ3v) is 1.89. The molecule has 0 amide bonds. The standard InChI is InChI=1S/C10H19N3O/c1-3-4-11-5-10-7-13(8-12-10)6-9(2)14/h7-9,11,14H,3-6H2,1-2H3. The Labute approximate surface area is 85.0 Å². The zero-order valence-electron chi connectivity index (χ0n) is 8.90. The zero-order valence-corrected chi connectivity index (χ0v) is 8.90. The van der Waals surface area contributed by atoms with Crippen molar-refractivity contribution in [2.45, 2.75) is 39.5 Å². The fraction of sp³-hybridized carbons (Fsp3) is 0.700. The lowest BCUT2D eigenvalue weighted by molar-refractivity contribution is 0.173. The van der Waals surface area contributed by atoms with E-state index in [0.717, 1.165) is 25.2 Å². The molecule has 1 aromatic heterocycles. The van der Waals surface area contributed by atoms with Gasteiger partial charge in [0.25, 0.3) is 0 Å². The van der Waals surface area contributed by atoms with Gasteiger partial charge in [0.2, 0.25) is 0 Å². The van der Waals surface area contributed by atoms with Crippen LogP contribution >= 0.6 is 0 Å². The molecule has 0 aliphatic carbocycles. The SMILES string of the molecule is CCCNCc1cn(CC(C)O)cn1. The van der Waals surface area contributed by atoms with Gasteiger partial charge in [0.05, 0.1) is 18.1 Å². The molecule has 0 aliphatic heterocycles. The molecule has 1 aromatic rings. The van der Waals surface area contributed by atoms with E-state index in [9.17, 15) is 0 Å². The van der Waals surface area contributed by atoms with Crippen LogP contribution in [-0.4, -0.2) is 27.3 Å². The monoisotopic (exact) mass is 197 g/mol. The maximum Gasteiger partial charge on any atom is 0.0950 e. The summed E-state index contributed by atoms with van der Waals surface area (Å²) in [5.41, 5.74) is 1.03. The van der Waals surface area contributed by atoms with E-state index in [0.29, 0.717) is 6.54 Å².